The molecule has 0 spiro atoms. The van der Waals surface area contributed by atoms with E-state index in [1.165, 1.54) is 0 Å². The van der Waals surface area contributed by atoms with E-state index in [0.29, 0.717) is 34.5 Å². The van der Waals surface area contributed by atoms with Gasteiger partial charge in [-0.2, -0.15) is 10.1 Å². The van der Waals surface area contributed by atoms with Crippen LogP contribution in [0.25, 0.3) is 33.1 Å². The molecular formula is C20H22ClN7O. The summed E-state index contributed by atoms with van der Waals surface area (Å²) in [6.07, 6.45) is 3.67. The van der Waals surface area contributed by atoms with Gasteiger partial charge in [-0.15, -0.1) is 0 Å². The molecule has 1 saturated heterocycles. The zero-order valence-electron chi connectivity index (χ0n) is 16.5. The summed E-state index contributed by atoms with van der Waals surface area (Å²) in [5.41, 5.74) is 8.93. The lowest BCUT2D eigenvalue weighted by Crippen LogP contribution is -2.32. The van der Waals surface area contributed by atoms with Crippen LogP contribution in [0, 0.1) is 5.92 Å². The molecule has 0 amide bonds. The van der Waals surface area contributed by atoms with Crippen molar-refractivity contribution in [2.24, 2.45) is 25.7 Å². The highest BCUT2D eigenvalue weighted by molar-refractivity contribution is 6.38. The van der Waals surface area contributed by atoms with E-state index in [4.69, 9.17) is 22.3 Å². The van der Waals surface area contributed by atoms with E-state index in [1.807, 2.05) is 25.4 Å². The van der Waals surface area contributed by atoms with Crippen LogP contribution in [0.3, 0.4) is 0 Å². The first-order chi connectivity index (χ1) is 13.8. The van der Waals surface area contributed by atoms with Crippen LogP contribution in [0.2, 0.25) is 5.02 Å². The van der Waals surface area contributed by atoms with Crippen molar-refractivity contribution < 1.29 is 0 Å². The van der Waals surface area contributed by atoms with E-state index in [0.717, 1.165) is 28.6 Å². The monoisotopic (exact) mass is 411 g/mol. The summed E-state index contributed by atoms with van der Waals surface area (Å²) in [6, 6.07) is 3.88. The number of hydrogen-bond acceptors (Lipinski definition) is 5. The average Bonchev–Trinajstić information content (AvgIpc) is 3.36. The summed E-state index contributed by atoms with van der Waals surface area (Å²) >= 11 is 6.69. The summed E-state index contributed by atoms with van der Waals surface area (Å²) in [6.45, 7) is 3.58. The molecule has 1 aliphatic rings. The number of H-pyrrole nitrogens is 1. The zero-order valence-corrected chi connectivity index (χ0v) is 17.2. The smallest absolute Gasteiger partial charge is 0.264 e. The number of hydrogen-bond donors (Lipinski definition) is 2. The van der Waals surface area contributed by atoms with Crippen molar-refractivity contribution >= 4 is 39.5 Å². The van der Waals surface area contributed by atoms with Crippen LogP contribution in [-0.2, 0) is 14.1 Å². The number of nitrogens with zero attached hydrogens (tertiary/aromatic N) is 5. The number of fused-ring (bicyclic) bond motifs is 2. The highest BCUT2D eigenvalue weighted by atomic mass is 35.5. The van der Waals surface area contributed by atoms with Gasteiger partial charge in [0.25, 0.3) is 5.56 Å². The molecule has 0 aliphatic carbocycles. The van der Waals surface area contributed by atoms with Gasteiger partial charge in [-0.25, -0.2) is 0 Å². The van der Waals surface area contributed by atoms with Gasteiger partial charge in [0.05, 0.1) is 15.9 Å². The fourth-order valence-corrected chi connectivity index (χ4v) is 4.50. The van der Waals surface area contributed by atoms with Crippen LogP contribution >= 0.6 is 11.6 Å². The van der Waals surface area contributed by atoms with Gasteiger partial charge in [-0.1, -0.05) is 24.6 Å². The van der Waals surface area contributed by atoms with Gasteiger partial charge in [0, 0.05) is 62.1 Å². The Bertz CT molecular complexity index is 1310. The third kappa shape index (κ3) is 2.67. The molecule has 3 aromatic heterocycles. The number of nitrogens with two attached hydrogens (primary N) is 1. The molecule has 0 radical (unpaired) electrons. The summed E-state index contributed by atoms with van der Waals surface area (Å²) < 4.78 is 3.32. The number of halogens is 1. The second kappa shape index (κ2) is 6.33. The number of anilines is 1. The number of aromatic nitrogens is 5. The second-order valence-corrected chi connectivity index (χ2v) is 8.29. The van der Waals surface area contributed by atoms with E-state index in [1.54, 1.807) is 22.5 Å². The molecule has 4 aromatic rings. The molecule has 8 nitrogen and oxygen atoms in total. The van der Waals surface area contributed by atoms with Crippen molar-refractivity contribution in [2.45, 2.75) is 13.0 Å². The van der Waals surface area contributed by atoms with E-state index >= 15 is 0 Å². The Morgan fingerprint density at radius 3 is 2.76 bits per heavy atom. The Labute approximate surface area is 171 Å². The number of aromatic amines is 1. The van der Waals surface area contributed by atoms with Gasteiger partial charge in [-0.3, -0.25) is 14.0 Å². The first kappa shape index (κ1) is 18.2. The summed E-state index contributed by atoms with van der Waals surface area (Å²) in [4.78, 5) is 23.3. The molecule has 150 valence electrons. The SMILES string of the molecule is C[C@@H]1CN(c2nc3[nH]cc(-c4ccc5nn(C)cc5c4Cl)c3c(=O)n2C)C[C@@H]1N. The number of nitrogens with one attached hydrogen (secondary N) is 1. The number of rotatable bonds is 2. The van der Waals surface area contributed by atoms with Gasteiger partial charge in [0.1, 0.15) is 5.65 Å². The fraction of sp³-hybridized carbons (Fsp3) is 0.350. The van der Waals surface area contributed by atoms with E-state index in [-0.39, 0.29) is 11.6 Å². The van der Waals surface area contributed by atoms with Crippen molar-refractivity contribution in [2.75, 3.05) is 18.0 Å². The van der Waals surface area contributed by atoms with E-state index in [9.17, 15) is 4.79 Å². The molecule has 5 rings (SSSR count). The van der Waals surface area contributed by atoms with Crippen LogP contribution in [0.15, 0.2) is 29.3 Å². The predicted octanol–water partition coefficient (Wildman–Crippen LogP) is 2.25. The van der Waals surface area contributed by atoms with Crippen molar-refractivity contribution in [3.8, 4) is 11.1 Å². The maximum Gasteiger partial charge on any atom is 0.264 e. The standard InChI is InChI=1S/C20H22ClN7O/c1-10-7-28(9-14(10)22)20-24-18-16(19(29)27(20)3)12(6-23-18)11-4-5-15-13(17(11)21)8-26(2)25-15/h4-6,8,10,14,23H,7,9,22H2,1-3H3/t10-,14+/m1/s1. The predicted molar refractivity (Wildman–Crippen MR) is 115 cm³/mol. The Balaban J connectivity index is 1.69. The lowest BCUT2D eigenvalue weighted by atomic mass is 10.0. The molecule has 1 fully saturated rings. The summed E-state index contributed by atoms with van der Waals surface area (Å²) in [5.74, 6) is 0.983. The van der Waals surface area contributed by atoms with Crippen LogP contribution in [0.5, 0.6) is 0 Å². The van der Waals surface area contributed by atoms with E-state index < -0.39 is 0 Å². The lowest BCUT2D eigenvalue weighted by Gasteiger charge is -2.19. The van der Waals surface area contributed by atoms with Gasteiger partial charge in [0.2, 0.25) is 5.95 Å². The fourth-order valence-electron chi connectivity index (χ4n) is 4.19. The van der Waals surface area contributed by atoms with Gasteiger partial charge in [-0.05, 0) is 12.0 Å². The molecule has 1 aliphatic heterocycles. The minimum atomic E-state index is -0.114. The maximum atomic E-state index is 13.3. The molecule has 2 atom stereocenters. The minimum Gasteiger partial charge on any atom is -0.345 e. The minimum absolute atomic E-state index is 0.0758. The van der Waals surface area contributed by atoms with Crippen LogP contribution in [0.4, 0.5) is 5.95 Å². The molecular weight excluding hydrogens is 390 g/mol. The van der Waals surface area contributed by atoms with Crippen molar-refractivity contribution in [3.05, 3.63) is 39.9 Å². The first-order valence-corrected chi connectivity index (χ1v) is 9.94. The molecule has 0 bridgehead atoms. The molecule has 0 unspecified atom stereocenters. The third-order valence-electron chi connectivity index (χ3n) is 5.87. The maximum absolute atomic E-state index is 13.3. The lowest BCUT2D eigenvalue weighted by molar-refractivity contribution is 0.565. The quantitative estimate of drug-likeness (QED) is 0.527. The molecule has 3 N–H and O–H groups in total. The normalized spacial score (nSPS) is 19.7. The molecule has 1 aromatic carbocycles. The average molecular weight is 412 g/mol. The van der Waals surface area contributed by atoms with Gasteiger partial charge >= 0.3 is 0 Å². The topological polar surface area (TPSA) is 97.8 Å². The van der Waals surface area contributed by atoms with Crippen LogP contribution < -0.4 is 16.2 Å². The van der Waals surface area contributed by atoms with Crippen molar-refractivity contribution in [3.63, 3.8) is 0 Å². The Morgan fingerprint density at radius 1 is 1.24 bits per heavy atom. The summed E-state index contributed by atoms with van der Waals surface area (Å²) in [5, 5.41) is 6.34. The van der Waals surface area contributed by atoms with Crippen LogP contribution in [0.1, 0.15) is 6.92 Å². The largest absolute Gasteiger partial charge is 0.345 e. The Hall–Kier alpha value is -2.84. The van der Waals surface area contributed by atoms with Crippen molar-refractivity contribution in [1.29, 1.82) is 0 Å². The zero-order chi connectivity index (χ0) is 20.4. The highest BCUT2D eigenvalue weighted by Gasteiger charge is 2.30. The third-order valence-corrected chi connectivity index (χ3v) is 6.28. The van der Waals surface area contributed by atoms with Gasteiger partial charge in [0.15, 0.2) is 0 Å². The molecule has 9 heteroatoms. The first-order valence-electron chi connectivity index (χ1n) is 9.56. The van der Waals surface area contributed by atoms with Crippen LogP contribution in [-0.4, -0.2) is 43.4 Å². The Morgan fingerprint density at radius 2 is 2.03 bits per heavy atom. The Kier molecular flexibility index (Phi) is 3.97. The second-order valence-electron chi connectivity index (χ2n) is 7.91. The molecule has 0 saturated carbocycles. The number of benzene rings is 1. The number of aryl methyl sites for hydroxylation is 1. The molecule has 29 heavy (non-hydrogen) atoms. The van der Waals surface area contributed by atoms with Crippen molar-refractivity contribution in [1.82, 2.24) is 24.3 Å². The van der Waals surface area contributed by atoms with Gasteiger partial charge < -0.3 is 15.6 Å². The summed E-state index contributed by atoms with van der Waals surface area (Å²) in [7, 11) is 3.61. The van der Waals surface area contributed by atoms with E-state index in [2.05, 4.69) is 21.9 Å². The highest BCUT2D eigenvalue weighted by Crippen LogP contribution is 2.36. The molecule has 4 heterocycles.